The molecule has 3 nitrogen and oxygen atoms in total. The molecule has 0 spiro atoms. The Bertz CT molecular complexity index is 516. The highest BCUT2D eigenvalue weighted by Crippen LogP contribution is 2.22. The Hall–Kier alpha value is -1.42. The third kappa shape index (κ3) is 3.77. The minimum atomic E-state index is 0.152. The molecular weight excluding hydrogens is 258 g/mol. The van der Waals surface area contributed by atoms with E-state index in [2.05, 4.69) is 29.1 Å². The van der Waals surface area contributed by atoms with E-state index in [0.717, 1.165) is 17.1 Å². The Kier molecular flexibility index (Phi) is 4.91. The molecule has 0 bridgehead atoms. The van der Waals surface area contributed by atoms with Gasteiger partial charge >= 0.3 is 0 Å². The van der Waals surface area contributed by atoms with E-state index in [0.29, 0.717) is 6.54 Å². The summed E-state index contributed by atoms with van der Waals surface area (Å²) in [4.78, 5) is 6.34. The SMILES string of the molecule is CN(Cc1cccnc1)C(CN)c1cccc(Cl)c1. The molecule has 0 radical (unpaired) electrons. The minimum Gasteiger partial charge on any atom is -0.329 e. The van der Waals surface area contributed by atoms with Crippen molar-refractivity contribution in [3.63, 3.8) is 0 Å². The molecule has 0 aliphatic carbocycles. The van der Waals surface area contributed by atoms with Gasteiger partial charge in [0.05, 0.1) is 0 Å². The summed E-state index contributed by atoms with van der Waals surface area (Å²) in [7, 11) is 2.06. The molecule has 4 heteroatoms. The second-order valence-corrected chi connectivity index (χ2v) is 5.02. The minimum absolute atomic E-state index is 0.152. The highest BCUT2D eigenvalue weighted by atomic mass is 35.5. The van der Waals surface area contributed by atoms with Gasteiger partial charge in [-0.15, -0.1) is 0 Å². The number of benzene rings is 1. The number of nitrogens with two attached hydrogens (primary N) is 1. The van der Waals surface area contributed by atoms with E-state index in [9.17, 15) is 0 Å². The average molecular weight is 276 g/mol. The zero-order valence-corrected chi connectivity index (χ0v) is 11.7. The highest BCUT2D eigenvalue weighted by Gasteiger charge is 2.15. The molecule has 1 heterocycles. The van der Waals surface area contributed by atoms with E-state index in [1.54, 1.807) is 6.20 Å². The summed E-state index contributed by atoms with van der Waals surface area (Å²) >= 11 is 6.04. The lowest BCUT2D eigenvalue weighted by Gasteiger charge is -2.27. The first-order chi connectivity index (χ1) is 9.20. The second-order valence-electron chi connectivity index (χ2n) is 4.58. The topological polar surface area (TPSA) is 42.2 Å². The molecular formula is C15H18ClN3. The third-order valence-electron chi connectivity index (χ3n) is 3.14. The molecule has 0 aliphatic heterocycles. The van der Waals surface area contributed by atoms with Gasteiger partial charge in [0, 0.05) is 36.5 Å². The maximum absolute atomic E-state index is 6.04. The van der Waals surface area contributed by atoms with Crippen molar-refractivity contribution in [3.8, 4) is 0 Å². The van der Waals surface area contributed by atoms with Crippen LogP contribution in [-0.4, -0.2) is 23.5 Å². The lowest BCUT2D eigenvalue weighted by atomic mass is 10.1. The van der Waals surface area contributed by atoms with Gasteiger partial charge in [-0.25, -0.2) is 0 Å². The third-order valence-corrected chi connectivity index (χ3v) is 3.38. The van der Waals surface area contributed by atoms with Gasteiger partial charge in [-0.2, -0.15) is 0 Å². The first-order valence-electron chi connectivity index (χ1n) is 6.25. The van der Waals surface area contributed by atoms with E-state index in [-0.39, 0.29) is 6.04 Å². The van der Waals surface area contributed by atoms with E-state index in [1.807, 2.05) is 30.5 Å². The molecule has 1 unspecified atom stereocenters. The van der Waals surface area contributed by atoms with Gasteiger partial charge in [0.25, 0.3) is 0 Å². The van der Waals surface area contributed by atoms with Gasteiger partial charge in [0.2, 0.25) is 0 Å². The zero-order chi connectivity index (χ0) is 13.7. The largest absolute Gasteiger partial charge is 0.329 e. The van der Waals surface area contributed by atoms with Crippen molar-refractivity contribution in [1.29, 1.82) is 0 Å². The molecule has 0 saturated heterocycles. The van der Waals surface area contributed by atoms with Crippen molar-refractivity contribution in [2.24, 2.45) is 5.73 Å². The van der Waals surface area contributed by atoms with Crippen LogP contribution in [0.1, 0.15) is 17.2 Å². The van der Waals surface area contributed by atoms with Crippen LogP contribution in [0.25, 0.3) is 0 Å². The van der Waals surface area contributed by atoms with E-state index in [1.165, 1.54) is 5.56 Å². The molecule has 2 N–H and O–H groups in total. The molecule has 1 aromatic heterocycles. The number of pyridine rings is 1. The van der Waals surface area contributed by atoms with E-state index in [4.69, 9.17) is 17.3 Å². The first-order valence-corrected chi connectivity index (χ1v) is 6.63. The number of nitrogens with zero attached hydrogens (tertiary/aromatic N) is 2. The number of aromatic nitrogens is 1. The van der Waals surface area contributed by atoms with Crippen LogP contribution >= 0.6 is 11.6 Å². The Balaban J connectivity index is 2.13. The Morgan fingerprint density at radius 2 is 2.16 bits per heavy atom. The molecule has 100 valence electrons. The summed E-state index contributed by atoms with van der Waals surface area (Å²) < 4.78 is 0. The fourth-order valence-electron chi connectivity index (χ4n) is 2.17. The number of likely N-dealkylation sites (N-methyl/N-ethyl adjacent to an activating group) is 1. The van der Waals surface area contributed by atoms with Crippen LogP contribution in [0.3, 0.4) is 0 Å². The summed E-state index contributed by atoms with van der Waals surface area (Å²) in [5.74, 6) is 0. The van der Waals surface area contributed by atoms with Crippen LogP contribution in [-0.2, 0) is 6.54 Å². The smallest absolute Gasteiger partial charge is 0.0471 e. The quantitative estimate of drug-likeness (QED) is 0.912. The monoisotopic (exact) mass is 275 g/mol. The van der Waals surface area contributed by atoms with Crippen molar-refractivity contribution in [2.45, 2.75) is 12.6 Å². The van der Waals surface area contributed by atoms with Crippen LogP contribution in [0.5, 0.6) is 0 Å². The summed E-state index contributed by atoms with van der Waals surface area (Å²) in [6.07, 6.45) is 3.66. The van der Waals surface area contributed by atoms with Gasteiger partial charge in [-0.3, -0.25) is 9.88 Å². The normalized spacial score (nSPS) is 12.6. The molecule has 19 heavy (non-hydrogen) atoms. The predicted octanol–water partition coefficient (Wildman–Crippen LogP) is 2.87. The molecule has 2 rings (SSSR count). The Morgan fingerprint density at radius 1 is 1.32 bits per heavy atom. The van der Waals surface area contributed by atoms with Crippen molar-refractivity contribution >= 4 is 11.6 Å². The van der Waals surface area contributed by atoms with Crippen molar-refractivity contribution < 1.29 is 0 Å². The molecule has 1 aromatic carbocycles. The van der Waals surface area contributed by atoms with E-state index < -0.39 is 0 Å². The molecule has 2 aromatic rings. The second kappa shape index (κ2) is 6.66. The summed E-state index contributed by atoms with van der Waals surface area (Å²) in [5.41, 5.74) is 8.22. The predicted molar refractivity (Wildman–Crippen MR) is 79.0 cm³/mol. The van der Waals surface area contributed by atoms with Crippen molar-refractivity contribution in [2.75, 3.05) is 13.6 Å². The summed E-state index contributed by atoms with van der Waals surface area (Å²) in [5, 5.41) is 0.741. The fraction of sp³-hybridized carbons (Fsp3) is 0.267. The number of hydrogen-bond donors (Lipinski definition) is 1. The maximum atomic E-state index is 6.04. The molecule has 1 atom stereocenters. The average Bonchev–Trinajstić information content (AvgIpc) is 2.41. The highest BCUT2D eigenvalue weighted by molar-refractivity contribution is 6.30. The summed E-state index contributed by atoms with van der Waals surface area (Å²) in [6.45, 7) is 1.36. The summed E-state index contributed by atoms with van der Waals surface area (Å²) in [6, 6.07) is 12.0. The van der Waals surface area contributed by atoms with Crippen LogP contribution in [0.15, 0.2) is 48.8 Å². The van der Waals surface area contributed by atoms with Gasteiger partial charge in [0.1, 0.15) is 0 Å². The van der Waals surface area contributed by atoms with Crippen LogP contribution in [0.4, 0.5) is 0 Å². The number of hydrogen-bond acceptors (Lipinski definition) is 3. The number of halogens is 1. The van der Waals surface area contributed by atoms with Crippen LogP contribution in [0.2, 0.25) is 5.02 Å². The zero-order valence-electron chi connectivity index (χ0n) is 11.0. The molecule has 0 aliphatic rings. The standard InChI is InChI=1S/C15H18ClN3/c1-19(11-12-4-3-7-18-10-12)15(9-17)13-5-2-6-14(16)8-13/h2-8,10,15H,9,11,17H2,1H3. The van der Waals surface area contributed by atoms with Gasteiger partial charge in [-0.1, -0.05) is 29.8 Å². The van der Waals surface area contributed by atoms with Gasteiger partial charge < -0.3 is 5.73 Å². The lowest BCUT2D eigenvalue weighted by molar-refractivity contribution is 0.241. The van der Waals surface area contributed by atoms with E-state index >= 15 is 0 Å². The maximum Gasteiger partial charge on any atom is 0.0471 e. The molecule has 0 amide bonds. The number of rotatable bonds is 5. The molecule has 0 saturated carbocycles. The van der Waals surface area contributed by atoms with Gasteiger partial charge in [-0.05, 0) is 36.4 Å². The molecule has 0 fully saturated rings. The van der Waals surface area contributed by atoms with Crippen LogP contribution < -0.4 is 5.73 Å². The Morgan fingerprint density at radius 3 is 2.79 bits per heavy atom. The van der Waals surface area contributed by atoms with Crippen molar-refractivity contribution in [1.82, 2.24) is 9.88 Å². The van der Waals surface area contributed by atoms with Crippen LogP contribution in [0, 0.1) is 0 Å². The van der Waals surface area contributed by atoms with Crippen molar-refractivity contribution in [3.05, 3.63) is 64.9 Å². The van der Waals surface area contributed by atoms with Gasteiger partial charge in [0.15, 0.2) is 0 Å². The first kappa shape index (κ1) is 14.0. The lowest BCUT2D eigenvalue weighted by Crippen LogP contribution is -2.30. The fourth-order valence-corrected chi connectivity index (χ4v) is 2.37. The Labute approximate surface area is 119 Å².